The van der Waals surface area contributed by atoms with Gasteiger partial charge in [0, 0.05) is 25.7 Å². The maximum atomic E-state index is 13.4. The highest BCUT2D eigenvalue weighted by molar-refractivity contribution is 7.21. The summed E-state index contributed by atoms with van der Waals surface area (Å²) < 4.78 is 14.4. The van der Waals surface area contributed by atoms with Gasteiger partial charge in [-0.15, -0.1) is 11.3 Å². The molecule has 0 unspecified atom stereocenters. The minimum atomic E-state index is -1.17. The van der Waals surface area contributed by atoms with Gasteiger partial charge in [0.2, 0.25) is 5.95 Å². The number of aliphatic hydroxyl groups is 3. The number of halogens is 1. The Hall–Kier alpha value is -3.25. The molecule has 4 aromatic rings. The molecule has 1 aliphatic rings. The van der Waals surface area contributed by atoms with Crippen LogP contribution in [0, 0.1) is 25.6 Å². The summed E-state index contributed by atoms with van der Waals surface area (Å²) >= 11 is 1.50. The number of nitrogens with one attached hydrogen (secondary N) is 1. The van der Waals surface area contributed by atoms with Gasteiger partial charge in [-0.1, -0.05) is 12.1 Å². The molecule has 0 radical (unpaired) electrons. The predicted molar refractivity (Wildman–Crippen MR) is 150 cm³/mol. The zero-order chi connectivity index (χ0) is 28.1. The lowest BCUT2D eigenvalue weighted by molar-refractivity contribution is -0.0601. The third-order valence-electron chi connectivity index (χ3n) is 7.37. The van der Waals surface area contributed by atoms with Crippen LogP contribution in [0.5, 0.6) is 0 Å². The quantitative estimate of drug-likeness (QED) is 0.270. The summed E-state index contributed by atoms with van der Waals surface area (Å²) in [5, 5.41) is 36.2. The third-order valence-corrected chi connectivity index (χ3v) is 8.41. The first kappa shape index (κ1) is 27.3. The van der Waals surface area contributed by atoms with Crippen molar-refractivity contribution in [3.63, 3.8) is 0 Å². The average molecular weight is 553 g/mol. The SMILES string of the molecule is Cc1nc(N(C)Cc2ccc(F)cc2)nc(N[C@@H]2C[C@H](C(C)(C)O)[C@@H](O)[C@H]2O)c1-c1nc2c(C)nccc2s1. The maximum absolute atomic E-state index is 13.4. The number of pyridine rings is 1. The van der Waals surface area contributed by atoms with E-state index in [1.54, 1.807) is 32.2 Å². The zero-order valence-electron chi connectivity index (χ0n) is 22.6. The molecular formula is C28H33FN6O3S. The Labute approximate surface area is 230 Å². The van der Waals surface area contributed by atoms with Gasteiger partial charge in [0.05, 0.1) is 39.4 Å². The molecule has 4 N–H and O–H groups in total. The van der Waals surface area contributed by atoms with Crippen molar-refractivity contribution in [2.24, 2.45) is 5.92 Å². The molecule has 3 heterocycles. The van der Waals surface area contributed by atoms with Crippen LogP contribution in [-0.4, -0.2) is 66.2 Å². The lowest BCUT2D eigenvalue weighted by Gasteiger charge is -2.28. The number of hydrogen-bond acceptors (Lipinski definition) is 10. The van der Waals surface area contributed by atoms with E-state index in [0.29, 0.717) is 41.0 Å². The standard InChI is InChI=1S/C28H33FN6O3S/c1-14-21(26-33-22-15(2)30-11-10-20(22)39-26)25(32-19-12-18(28(3,4)38)23(36)24(19)37)34-27(31-14)35(5)13-16-6-8-17(29)9-7-16/h6-11,18-19,23-24,36-38H,12-13H2,1-5H3,(H,31,32,34)/t18-,19+,23+,24-/m0/s1. The zero-order valence-corrected chi connectivity index (χ0v) is 23.4. The van der Waals surface area contributed by atoms with Crippen molar-refractivity contribution in [2.75, 3.05) is 17.3 Å². The lowest BCUT2D eigenvalue weighted by Crippen LogP contribution is -2.40. The predicted octanol–water partition coefficient (Wildman–Crippen LogP) is 3.83. The van der Waals surface area contributed by atoms with Gasteiger partial charge < -0.3 is 25.5 Å². The van der Waals surface area contributed by atoms with Gasteiger partial charge in [0.25, 0.3) is 0 Å². The van der Waals surface area contributed by atoms with Gasteiger partial charge in [-0.05, 0) is 57.9 Å². The summed E-state index contributed by atoms with van der Waals surface area (Å²) in [5.41, 5.74) is 2.74. The average Bonchev–Trinajstić information content (AvgIpc) is 3.42. The second-order valence-electron chi connectivity index (χ2n) is 10.8. The number of aryl methyl sites for hydroxylation is 2. The Morgan fingerprint density at radius 3 is 2.41 bits per heavy atom. The van der Waals surface area contributed by atoms with Crippen LogP contribution in [0.2, 0.25) is 0 Å². The topological polar surface area (TPSA) is 128 Å². The number of hydrogen-bond donors (Lipinski definition) is 4. The van der Waals surface area contributed by atoms with Crippen LogP contribution >= 0.6 is 11.3 Å². The van der Waals surface area contributed by atoms with Crippen molar-refractivity contribution in [1.82, 2.24) is 19.9 Å². The number of aromatic nitrogens is 4. The smallest absolute Gasteiger partial charge is 0.227 e. The van der Waals surface area contributed by atoms with Gasteiger partial charge in [0.15, 0.2) is 0 Å². The molecule has 0 aliphatic heterocycles. The van der Waals surface area contributed by atoms with E-state index in [2.05, 4.69) is 10.3 Å². The van der Waals surface area contributed by atoms with Crippen molar-refractivity contribution in [3.05, 3.63) is 59.3 Å². The van der Waals surface area contributed by atoms with Crippen molar-refractivity contribution >= 4 is 33.3 Å². The van der Waals surface area contributed by atoms with Crippen LogP contribution in [0.4, 0.5) is 16.2 Å². The number of thiazole rings is 1. The summed E-state index contributed by atoms with van der Waals surface area (Å²) in [6.07, 6.45) is -0.0989. The van der Waals surface area contributed by atoms with Crippen molar-refractivity contribution < 1.29 is 19.7 Å². The molecule has 0 amide bonds. The first-order valence-corrected chi connectivity index (χ1v) is 13.7. The summed E-state index contributed by atoms with van der Waals surface area (Å²) in [7, 11) is 1.85. The molecule has 1 fully saturated rings. The van der Waals surface area contributed by atoms with Gasteiger partial charge >= 0.3 is 0 Å². The van der Waals surface area contributed by atoms with Crippen LogP contribution in [0.25, 0.3) is 20.8 Å². The highest BCUT2D eigenvalue weighted by Crippen LogP contribution is 2.40. The Morgan fingerprint density at radius 1 is 1.05 bits per heavy atom. The summed E-state index contributed by atoms with van der Waals surface area (Å²) in [6.45, 7) is 7.52. The van der Waals surface area contributed by atoms with Gasteiger partial charge in [0.1, 0.15) is 28.3 Å². The first-order valence-electron chi connectivity index (χ1n) is 12.8. The minimum Gasteiger partial charge on any atom is -0.390 e. The van der Waals surface area contributed by atoms with Crippen LogP contribution in [0.3, 0.4) is 0 Å². The van der Waals surface area contributed by atoms with Crippen LogP contribution < -0.4 is 10.2 Å². The molecule has 9 nitrogen and oxygen atoms in total. The highest BCUT2D eigenvalue weighted by atomic mass is 32.1. The minimum absolute atomic E-state index is 0.299. The molecule has 5 rings (SSSR count). The Balaban J connectivity index is 1.56. The van der Waals surface area contributed by atoms with E-state index in [1.807, 2.05) is 31.9 Å². The fraction of sp³-hybridized carbons (Fsp3) is 0.429. The maximum Gasteiger partial charge on any atom is 0.227 e. The Kier molecular flexibility index (Phi) is 7.27. The van der Waals surface area contributed by atoms with E-state index in [-0.39, 0.29) is 5.82 Å². The molecule has 11 heteroatoms. The second kappa shape index (κ2) is 10.4. The fourth-order valence-corrected chi connectivity index (χ4v) is 6.28. The second-order valence-corrected chi connectivity index (χ2v) is 11.8. The molecule has 1 saturated carbocycles. The number of fused-ring (bicyclic) bond motifs is 1. The van der Waals surface area contributed by atoms with Crippen LogP contribution in [0.1, 0.15) is 37.2 Å². The van der Waals surface area contributed by atoms with Crippen molar-refractivity contribution in [2.45, 2.75) is 64.5 Å². The molecule has 1 aromatic carbocycles. The molecule has 206 valence electrons. The van der Waals surface area contributed by atoms with Gasteiger partial charge in [-0.3, -0.25) is 4.98 Å². The van der Waals surface area contributed by atoms with Crippen LogP contribution in [0.15, 0.2) is 36.5 Å². The largest absolute Gasteiger partial charge is 0.390 e. The van der Waals surface area contributed by atoms with Crippen LogP contribution in [-0.2, 0) is 6.54 Å². The Bertz CT molecular complexity index is 1490. The first-order chi connectivity index (χ1) is 18.4. The molecule has 39 heavy (non-hydrogen) atoms. The molecule has 4 atom stereocenters. The number of nitrogens with zero attached hydrogens (tertiary/aromatic N) is 5. The van der Waals surface area contributed by atoms with Gasteiger partial charge in [-0.25, -0.2) is 14.4 Å². The third kappa shape index (κ3) is 5.44. The van der Waals surface area contributed by atoms with Crippen molar-refractivity contribution in [1.29, 1.82) is 0 Å². The Morgan fingerprint density at radius 2 is 1.77 bits per heavy atom. The summed E-state index contributed by atoms with van der Waals surface area (Å²) in [6, 6.07) is 7.64. The normalized spacial score (nSPS) is 21.5. The lowest BCUT2D eigenvalue weighted by atomic mass is 9.88. The molecule has 0 spiro atoms. The summed E-state index contributed by atoms with van der Waals surface area (Å²) in [5.74, 6) is 0.0929. The summed E-state index contributed by atoms with van der Waals surface area (Å²) in [4.78, 5) is 20.7. The van der Waals surface area contributed by atoms with Crippen molar-refractivity contribution in [3.8, 4) is 10.6 Å². The van der Waals surface area contributed by atoms with E-state index >= 15 is 0 Å². The van der Waals surface area contributed by atoms with E-state index in [4.69, 9.17) is 15.0 Å². The highest BCUT2D eigenvalue weighted by Gasteiger charge is 2.48. The van der Waals surface area contributed by atoms with E-state index in [1.165, 1.54) is 23.5 Å². The van der Waals surface area contributed by atoms with E-state index in [9.17, 15) is 19.7 Å². The number of aliphatic hydroxyl groups excluding tert-OH is 2. The fourth-order valence-electron chi connectivity index (χ4n) is 5.17. The number of benzene rings is 1. The monoisotopic (exact) mass is 552 g/mol. The molecular weight excluding hydrogens is 519 g/mol. The molecule has 1 aliphatic carbocycles. The van der Waals surface area contributed by atoms with E-state index in [0.717, 1.165) is 21.5 Å². The van der Waals surface area contributed by atoms with E-state index < -0.39 is 29.8 Å². The molecule has 3 aromatic heterocycles. The van der Waals surface area contributed by atoms with Gasteiger partial charge in [-0.2, -0.15) is 4.98 Å². The number of anilines is 2. The molecule has 0 bridgehead atoms. The number of rotatable bonds is 7. The molecule has 0 saturated heterocycles.